The second-order valence-corrected chi connectivity index (χ2v) is 6.29. The van der Waals surface area contributed by atoms with Crippen molar-refractivity contribution >= 4 is 5.91 Å². The summed E-state index contributed by atoms with van der Waals surface area (Å²) in [5.74, 6) is 2.85. The minimum atomic E-state index is 0.232. The number of nitrogens with one attached hydrogen (secondary N) is 1. The molecule has 1 saturated carbocycles. The van der Waals surface area contributed by atoms with Gasteiger partial charge in [-0.3, -0.25) is 4.79 Å². The van der Waals surface area contributed by atoms with Crippen LogP contribution in [0.5, 0.6) is 0 Å². The molecule has 1 aromatic heterocycles. The van der Waals surface area contributed by atoms with E-state index in [2.05, 4.69) is 20.1 Å². The van der Waals surface area contributed by atoms with Crippen LogP contribution in [-0.4, -0.2) is 26.7 Å². The topological polar surface area (TPSA) is 59.8 Å². The lowest BCUT2D eigenvalue weighted by Crippen LogP contribution is -2.41. The SMILES string of the molecule is Cc1nnc2n1CC(NC(=O)CC1CCCCC1)CC2. The van der Waals surface area contributed by atoms with E-state index >= 15 is 0 Å². The van der Waals surface area contributed by atoms with E-state index in [-0.39, 0.29) is 11.9 Å². The Labute approximate surface area is 120 Å². The molecule has 1 aliphatic heterocycles. The molecular weight excluding hydrogens is 252 g/mol. The summed E-state index contributed by atoms with van der Waals surface area (Å²) in [6, 6.07) is 0.244. The van der Waals surface area contributed by atoms with Gasteiger partial charge in [-0.1, -0.05) is 19.3 Å². The third kappa shape index (κ3) is 3.02. The van der Waals surface area contributed by atoms with Crippen LogP contribution in [0.25, 0.3) is 0 Å². The van der Waals surface area contributed by atoms with Gasteiger partial charge in [0, 0.05) is 25.4 Å². The van der Waals surface area contributed by atoms with Gasteiger partial charge in [-0.05, 0) is 32.1 Å². The maximum atomic E-state index is 12.2. The van der Waals surface area contributed by atoms with E-state index in [1.54, 1.807) is 0 Å². The molecular formula is C15H24N4O. The third-order valence-corrected chi connectivity index (χ3v) is 4.70. The zero-order valence-electron chi connectivity index (χ0n) is 12.3. The minimum Gasteiger partial charge on any atom is -0.352 e. The van der Waals surface area contributed by atoms with E-state index in [0.717, 1.165) is 31.0 Å². The smallest absolute Gasteiger partial charge is 0.220 e. The Morgan fingerprint density at radius 3 is 2.85 bits per heavy atom. The number of aromatic nitrogens is 3. The molecule has 1 aliphatic carbocycles. The molecule has 0 bridgehead atoms. The molecule has 1 N–H and O–H groups in total. The molecule has 3 rings (SSSR count). The van der Waals surface area contributed by atoms with Gasteiger partial charge in [0.15, 0.2) is 0 Å². The van der Waals surface area contributed by atoms with Gasteiger partial charge in [-0.2, -0.15) is 0 Å². The summed E-state index contributed by atoms with van der Waals surface area (Å²) in [5.41, 5.74) is 0. The Hall–Kier alpha value is -1.39. The number of aryl methyl sites for hydroxylation is 2. The van der Waals surface area contributed by atoms with E-state index in [1.807, 2.05) is 6.92 Å². The molecule has 1 unspecified atom stereocenters. The second kappa shape index (κ2) is 5.94. The highest BCUT2D eigenvalue weighted by Crippen LogP contribution is 2.26. The molecule has 5 nitrogen and oxygen atoms in total. The zero-order valence-corrected chi connectivity index (χ0v) is 12.3. The molecule has 2 heterocycles. The summed E-state index contributed by atoms with van der Waals surface area (Å²) in [6.07, 6.45) is 9.00. The number of rotatable bonds is 3. The van der Waals surface area contributed by atoms with Crippen LogP contribution in [0, 0.1) is 12.8 Å². The van der Waals surface area contributed by atoms with E-state index in [1.165, 1.54) is 32.1 Å². The fourth-order valence-electron chi connectivity index (χ4n) is 3.52. The average Bonchev–Trinajstić information content (AvgIpc) is 2.81. The van der Waals surface area contributed by atoms with Crippen molar-refractivity contribution in [2.45, 2.75) is 70.9 Å². The van der Waals surface area contributed by atoms with Crippen molar-refractivity contribution in [2.24, 2.45) is 5.92 Å². The number of carbonyl (C=O) groups is 1. The molecule has 1 atom stereocenters. The van der Waals surface area contributed by atoms with Gasteiger partial charge in [0.2, 0.25) is 5.91 Å². The first-order chi connectivity index (χ1) is 9.72. The van der Waals surface area contributed by atoms with Crippen molar-refractivity contribution in [3.05, 3.63) is 11.6 Å². The summed E-state index contributed by atoms with van der Waals surface area (Å²) < 4.78 is 2.13. The highest BCUT2D eigenvalue weighted by Gasteiger charge is 2.24. The van der Waals surface area contributed by atoms with Crippen molar-refractivity contribution in [3.63, 3.8) is 0 Å². The quantitative estimate of drug-likeness (QED) is 0.918. The van der Waals surface area contributed by atoms with Crippen LogP contribution in [-0.2, 0) is 17.8 Å². The summed E-state index contributed by atoms with van der Waals surface area (Å²) in [6.45, 7) is 2.80. The number of carbonyl (C=O) groups excluding carboxylic acids is 1. The van der Waals surface area contributed by atoms with Crippen LogP contribution in [0.1, 0.15) is 56.6 Å². The van der Waals surface area contributed by atoms with Gasteiger partial charge in [0.25, 0.3) is 0 Å². The standard InChI is InChI=1S/C15H24N4O/c1-11-17-18-14-8-7-13(10-19(11)14)16-15(20)9-12-5-3-2-4-6-12/h12-13H,2-10H2,1H3,(H,16,20). The molecule has 2 aliphatic rings. The third-order valence-electron chi connectivity index (χ3n) is 4.70. The number of hydrogen-bond acceptors (Lipinski definition) is 3. The molecule has 0 saturated heterocycles. The normalized spacial score (nSPS) is 23.4. The monoisotopic (exact) mass is 276 g/mol. The summed E-state index contributed by atoms with van der Waals surface area (Å²) in [5, 5.41) is 11.5. The lowest BCUT2D eigenvalue weighted by atomic mass is 9.87. The van der Waals surface area contributed by atoms with Crippen LogP contribution in [0.15, 0.2) is 0 Å². The number of hydrogen-bond donors (Lipinski definition) is 1. The maximum absolute atomic E-state index is 12.2. The lowest BCUT2D eigenvalue weighted by Gasteiger charge is -2.26. The van der Waals surface area contributed by atoms with E-state index < -0.39 is 0 Å². The first-order valence-electron chi connectivity index (χ1n) is 7.90. The molecule has 1 amide bonds. The Balaban J connectivity index is 1.51. The van der Waals surface area contributed by atoms with Gasteiger partial charge in [0.1, 0.15) is 11.6 Å². The van der Waals surface area contributed by atoms with Crippen molar-refractivity contribution in [3.8, 4) is 0 Å². The van der Waals surface area contributed by atoms with Crippen LogP contribution in [0.2, 0.25) is 0 Å². The van der Waals surface area contributed by atoms with Crippen LogP contribution in [0.3, 0.4) is 0 Å². The number of amides is 1. The molecule has 110 valence electrons. The summed E-state index contributed by atoms with van der Waals surface area (Å²) in [7, 11) is 0. The molecule has 20 heavy (non-hydrogen) atoms. The molecule has 1 aromatic rings. The van der Waals surface area contributed by atoms with Crippen molar-refractivity contribution < 1.29 is 4.79 Å². The van der Waals surface area contributed by atoms with Gasteiger partial charge in [-0.15, -0.1) is 10.2 Å². The molecule has 1 fully saturated rings. The van der Waals surface area contributed by atoms with Crippen LogP contribution in [0.4, 0.5) is 0 Å². The maximum Gasteiger partial charge on any atom is 0.220 e. The van der Waals surface area contributed by atoms with Gasteiger partial charge >= 0.3 is 0 Å². The molecule has 0 spiro atoms. The fraction of sp³-hybridized carbons (Fsp3) is 0.800. The van der Waals surface area contributed by atoms with Crippen LogP contribution >= 0.6 is 0 Å². The summed E-state index contributed by atoms with van der Waals surface area (Å²) in [4.78, 5) is 12.2. The second-order valence-electron chi connectivity index (χ2n) is 6.29. The van der Waals surface area contributed by atoms with Gasteiger partial charge in [-0.25, -0.2) is 0 Å². The highest BCUT2D eigenvalue weighted by atomic mass is 16.1. The van der Waals surface area contributed by atoms with Gasteiger partial charge < -0.3 is 9.88 Å². The summed E-state index contributed by atoms with van der Waals surface area (Å²) >= 11 is 0. The first kappa shape index (κ1) is 13.6. The van der Waals surface area contributed by atoms with Crippen molar-refractivity contribution in [2.75, 3.05) is 0 Å². The average molecular weight is 276 g/mol. The van der Waals surface area contributed by atoms with Crippen LogP contribution < -0.4 is 5.32 Å². The first-order valence-corrected chi connectivity index (χ1v) is 7.90. The minimum absolute atomic E-state index is 0.232. The molecule has 5 heteroatoms. The Bertz CT molecular complexity index is 476. The Morgan fingerprint density at radius 2 is 2.05 bits per heavy atom. The van der Waals surface area contributed by atoms with Crippen molar-refractivity contribution in [1.29, 1.82) is 0 Å². The number of fused-ring (bicyclic) bond motifs is 1. The number of nitrogens with zero attached hydrogens (tertiary/aromatic N) is 3. The fourth-order valence-corrected chi connectivity index (χ4v) is 3.52. The Morgan fingerprint density at radius 1 is 1.25 bits per heavy atom. The van der Waals surface area contributed by atoms with E-state index in [9.17, 15) is 4.79 Å². The largest absolute Gasteiger partial charge is 0.352 e. The lowest BCUT2D eigenvalue weighted by molar-refractivity contribution is -0.123. The van der Waals surface area contributed by atoms with E-state index in [0.29, 0.717) is 12.3 Å². The van der Waals surface area contributed by atoms with Gasteiger partial charge in [0.05, 0.1) is 0 Å². The zero-order chi connectivity index (χ0) is 13.9. The molecule has 0 aromatic carbocycles. The molecule has 0 radical (unpaired) electrons. The predicted molar refractivity (Wildman–Crippen MR) is 76.2 cm³/mol. The van der Waals surface area contributed by atoms with Crippen molar-refractivity contribution in [1.82, 2.24) is 20.1 Å². The van der Waals surface area contributed by atoms with E-state index in [4.69, 9.17) is 0 Å². The predicted octanol–water partition coefficient (Wildman–Crippen LogP) is 1.99. The Kier molecular flexibility index (Phi) is 4.03. The highest BCUT2D eigenvalue weighted by molar-refractivity contribution is 5.76.